The lowest BCUT2D eigenvalue weighted by molar-refractivity contribution is -0.131. The van der Waals surface area contributed by atoms with Crippen LogP contribution in [0.25, 0.3) is 10.2 Å². The molecule has 0 saturated heterocycles. The zero-order chi connectivity index (χ0) is 17.1. The quantitative estimate of drug-likeness (QED) is 0.807. The molecule has 0 aliphatic heterocycles. The summed E-state index contributed by atoms with van der Waals surface area (Å²) in [5.41, 5.74) is -0.124. The number of rotatable bonds is 6. The first-order chi connectivity index (χ1) is 10.9. The minimum atomic E-state index is -0.407. The van der Waals surface area contributed by atoms with Crippen molar-refractivity contribution in [1.82, 2.24) is 14.0 Å². The lowest BCUT2D eigenvalue weighted by Gasteiger charge is -2.20. The van der Waals surface area contributed by atoms with Crippen molar-refractivity contribution >= 4 is 27.5 Å². The summed E-state index contributed by atoms with van der Waals surface area (Å²) in [6.45, 7) is 9.24. The second kappa shape index (κ2) is 7.12. The molecule has 2 aromatic rings. The van der Waals surface area contributed by atoms with E-state index in [1.807, 2.05) is 27.7 Å². The molecule has 23 heavy (non-hydrogen) atoms. The standard InChI is InChI=1S/C16H23N3O3S/c1-5-17(6-2)13(20)10-18-12-7-8-23-14(12)15(21)19(16(18)22)9-11(3)4/h7-8,11H,5-6,9-10H2,1-4H3. The van der Waals surface area contributed by atoms with Crippen LogP contribution in [0.15, 0.2) is 21.0 Å². The van der Waals surface area contributed by atoms with E-state index in [4.69, 9.17) is 0 Å². The van der Waals surface area contributed by atoms with Gasteiger partial charge in [-0.1, -0.05) is 13.8 Å². The average molecular weight is 337 g/mol. The van der Waals surface area contributed by atoms with Gasteiger partial charge in [0.05, 0.1) is 5.52 Å². The van der Waals surface area contributed by atoms with E-state index >= 15 is 0 Å². The van der Waals surface area contributed by atoms with Crippen molar-refractivity contribution in [3.05, 3.63) is 32.3 Å². The fourth-order valence-corrected chi connectivity index (χ4v) is 3.47. The Kier molecular flexibility index (Phi) is 5.41. The minimum absolute atomic E-state index is 0.0356. The Balaban J connectivity index is 2.59. The van der Waals surface area contributed by atoms with Crippen molar-refractivity contribution in [3.63, 3.8) is 0 Å². The van der Waals surface area contributed by atoms with Gasteiger partial charge in [-0.15, -0.1) is 11.3 Å². The minimum Gasteiger partial charge on any atom is -0.342 e. The van der Waals surface area contributed by atoms with Gasteiger partial charge in [0.1, 0.15) is 11.2 Å². The molecule has 0 bridgehead atoms. The molecular formula is C16H23N3O3S. The first kappa shape index (κ1) is 17.5. The number of hydrogen-bond acceptors (Lipinski definition) is 4. The number of likely N-dealkylation sites (N-methyl/N-ethyl adjacent to an activating group) is 1. The molecular weight excluding hydrogens is 314 g/mol. The summed E-state index contributed by atoms with van der Waals surface area (Å²) in [6.07, 6.45) is 0. The van der Waals surface area contributed by atoms with Gasteiger partial charge in [0.15, 0.2) is 0 Å². The molecule has 7 heteroatoms. The maximum Gasteiger partial charge on any atom is 0.332 e. The molecule has 0 saturated carbocycles. The molecule has 0 N–H and O–H groups in total. The summed E-state index contributed by atoms with van der Waals surface area (Å²) in [5, 5.41) is 1.78. The smallest absolute Gasteiger partial charge is 0.332 e. The largest absolute Gasteiger partial charge is 0.342 e. The Morgan fingerprint density at radius 1 is 1.22 bits per heavy atom. The highest BCUT2D eigenvalue weighted by Gasteiger charge is 2.18. The molecule has 126 valence electrons. The van der Waals surface area contributed by atoms with Crippen molar-refractivity contribution in [2.45, 2.75) is 40.8 Å². The Morgan fingerprint density at radius 2 is 1.87 bits per heavy atom. The fourth-order valence-electron chi connectivity index (χ4n) is 2.62. The van der Waals surface area contributed by atoms with E-state index in [0.29, 0.717) is 29.9 Å². The average Bonchev–Trinajstić information content (AvgIpc) is 2.98. The van der Waals surface area contributed by atoms with Crippen LogP contribution in [0, 0.1) is 5.92 Å². The summed E-state index contributed by atoms with van der Waals surface area (Å²) in [5.74, 6) is 0.0593. The van der Waals surface area contributed by atoms with Gasteiger partial charge in [-0.25, -0.2) is 4.79 Å². The van der Waals surface area contributed by atoms with Crippen LogP contribution in [0.4, 0.5) is 0 Å². The van der Waals surface area contributed by atoms with Gasteiger partial charge in [0.25, 0.3) is 5.56 Å². The van der Waals surface area contributed by atoms with E-state index in [1.54, 1.807) is 16.3 Å². The predicted molar refractivity (Wildman–Crippen MR) is 93.1 cm³/mol. The van der Waals surface area contributed by atoms with Gasteiger partial charge in [0, 0.05) is 19.6 Å². The van der Waals surface area contributed by atoms with E-state index in [-0.39, 0.29) is 23.9 Å². The van der Waals surface area contributed by atoms with Gasteiger partial charge in [-0.3, -0.25) is 18.7 Å². The first-order valence-electron chi connectivity index (χ1n) is 7.89. The van der Waals surface area contributed by atoms with Crippen LogP contribution < -0.4 is 11.2 Å². The second-order valence-corrected chi connectivity index (χ2v) is 6.80. The highest BCUT2D eigenvalue weighted by molar-refractivity contribution is 7.17. The zero-order valence-corrected chi connectivity index (χ0v) is 14.9. The Labute approximate surface area is 139 Å². The monoisotopic (exact) mass is 337 g/mol. The van der Waals surface area contributed by atoms with Crippen molar-refractivity contribution in [2.75, 3.05) is 13.1 Å². The summed E-state index contributed by atoms with van der Waals surface area (Å²) < 4.78 is 3.20. The van der Waals surface area contributed by atoms with Crippen molar-refractivity contribution in [1.29, 1.82) is 0 Å². The van der Waals surface area contributed by atoms with Crippen LogP contribution in [0.1, 0.15) is 27.7 Å². The Morgan fingerprint density at radius 3 is 2.43 bits per heavy atom. The molecule has 2 rings (SSSR count). The Bertz CT molecular complexity index is 812. The van der Waals surface area contributed by atoms with Gasteiger partial charge in [-0.05, 0) is 31.2 Å². The summed E-state index contributed by atoms with van der Waals surface area (Å²) >= 11 is 1.31. The number of nitrogens with zero attached hydrogens (tertiary/aromatic N) is 3. The van der Waals surface area contributed by atoms with Gasteiger partial charge >= 0.3 is 5.69 Å². The van der Waals surface area contributed by atoms with Crippen LogP contribution in [-0.4, -0.2) is 33.0 Å². The molecule has 2 aromatic heterocycles. The van der Waals surface area contributed by atoms with E-state index in [0.717, 1.165) is 0 Å². The molecule has 0 spiro atoms. The third kappa shape index (κ3) is 3.39. The molecule has 0 aromatic carbocycles. The third-order valence-electron chi connectivity index (χ3n) is 3.79. The lowest BCUT2D eigenvalue weighted by Crippen LogP contribution is -2.43. The second-order valence-electron chi connectivity index (χ2n) is 5.88. The predicted octanol–water partition coefficient (Wildman–Crippen LogP) is 1.75. The van der Waals surface area contributed by atoms with Crippen molar-refractivity contribution in [2.24, 2.45) is 5.92 Å². The zero-order valence-electron chi connectivity index (χ0n) is 14.0. The highest BCUT2D eigenvalue weighted by Crippen LogP contribution is 2.15. The molecule has 6 nitrogen and oxygen atoms in total. The number of thiophene rings is 1. The number of hydrogen-bond donors (Lipinski definition) is 0. The molecule has 0 aliphatic rings. The molecule has 0 radical (unpaired) electrons. The van der Waals surface area contributed by atoms with Gasteiger partial charge < -0.3 is 4.90 Å². The van der Waals surface area contributed by atoms with Crippen molar-refractivity contribution < 1.29 is 4.79 Å². The summed E-state index contributed by atoms with van der Waals surface area (Å²) in [6, 6.07) is 1.73. The molecule has 0 unspecified atom stereocenters. The van der Waals surface area contributed by atoms with Gasteiger partial charge in [0.2, 0.25) is 5.91 Å². The molecule has 0 atom stereocenters. The number of fused-ring (bicyclic) bond motifs is 1. The number of aromatic nitrogens is 2. The maximum absolute atomic E-state index is 12.7. The summed E-state index contributed by atoms with van der Waals surface area (Å²) in [4.78, 5) is 39.3. The maximum atomic E-state index is 12.7. The lowest BCUT2D eigenvalue weighted by atomic mass is 10.2. The van der Waals surface area contributed by atoms with Gasteiger partial charge in [-0.2, -0.15) is 0 Å². The molecule has 2 heterocycles. The normalized spacial score (nSPS) is 11.3. The Hall–Kier alpha value is -1.89. The first-order valence-corrected chi connectivity index (χ1v) is 8.77. The van der Waals surface area contributed by atoms with Crippen LogP contribution in [0.5, 0.6) is 0 Å². The molecule has 0 fully saturated rings. The number of carbonyl (C=O) groups is 1. The van der Waals surface area contributed by atoms with Crippen LogP contribution in [0.3, 0.4) is 0 Å². The highest BCUT2D eigenvalue weighted by atomic mass is 32.1. The number of carbonyl (C=O) groups excluding carboxylic acids is 1. The van der Waals surface area contributed by atoms with Crippen molar-refractivity contribution in [3.8, 4) is 0 Å². The SMILES string of the molecule is CCN(CC)C(=O)Cn1c(=O)n(CC(C)C)c(=O)c2sccc21. The van der Waals surface area contributed by atoms with E-state index in [9.17, 15) is 14.4 Å². The number of amides is 1. The van der Waals surface area contributed by atoms with E-state index in [1.165, 1.54) is 20.5 Å². The van der Waals surface area contributed by atoms with E-state index in [2.05, 4.69) is 0 Å². The van der Waals surface area contributed by atoms with E-state index < -0.39 is 5.69 Å². The molecule has 1 amide bonds. The third-order valence-corrected chi connectivity index (χ3v) is 4.69. The van der Waals surface area contributed by atoms with Crippen LogP contribution in [-0.2, 0) is 17.9 Å². The summed E-state index contributed by atoms with van der Waals surface area (Å²) in [7, 11) is 0. The van der Waals surface area contributed by atoms with Crippen LogP contribution >= 0.6 is 11.3 Å². The van der Waals surface area contributed by atoms with Crippen LogP contribution in [0.2, 0.25) is 0 Å². The fraction of sp³-hybridized carbons (Fsp3) is 0.562. The molecule has 0 aliphatic carbocycles. The topological polar surface area (TPSA) is 64.3 Å².